The third-order valence-corrected chi connectivity index (χ3v) is 5.20. The van der Waals surface area contributed by atoms with Crippen molar-refractivity contribution in [1.82, 2.24) is 15.3 Å². The summed E-state index contributed by atoms with van der Waals surface area (Å²) in [7, 11) is 0. The van der Waals surface area contributed by atoms with Crippen molar-refractivity contribution in [3.05, 3.63) is 78.2 Å². The third kappa shape index (κ3) is 4.77. The number of aliphatic imine (C=N–C) groups is 1. The second kappa shape index (κ2) is 8.42. The molecule has 0 radical (unpaired) electrons. The number of aryl methyl sites for hydroxylation is 1. The van der Waals surface area contributed by atoms with Crippen LogP contribution in [0, 0.1) is 18.2 Å². The van der Waals surface area contributed by atoms with E-state index in [1.807, 2.05) is 24.3 Å². The Hall–Kier alpha value is -3.74. The molecule has 0 bridgehead atoms. The molecule has 0 amide bonds. The van der Waals surface area contributed by atoms with Gasteiger partial charge in [0.1, 0.15) is 29.6 Å². The first-order valence-corrected chi connectivity index (χ1v) is 10.4. The average molecular weight is 432 g/mol. The molecular formula is C25H26FN5O. The van der Waals surface area contributed by atoms with Gasteiger partial charge < -0.3 is 15.4 Å². The number of rotatable bonds is 5. The highest BCUT2D eigenvalue weighted by molar-refractivity contribution is 5.97. The summed E-state index contributed by atoms with van der Waals surface area (Å²) >= 11 is 0. The Kier molecular flexibility index (Phi) is 5.65. The van der Waals surface area contributed by atoms with Gasteiger partial charge in [0.05, 0.1) is 17.4 Å². The molecule has 1 aliphatic heterocycles. The highest BCUT2D eigenvalue weighted by Crippen LogP contribution is 2.30. The lowest BCUT2D eigenvalue weighted by atomic mass is 9.87. The van der Waals surface area contributed by atoms with Crippen LogP contribution < -0.4 is 15.4 Å². The zero-order valence-electron chi connectivity index (χ0n) is 18.7. The van der Waals surface area contributed by atoms with Gasteiger partial charge in [-0.25, -0.2) is 14.4 Å². The fourth-order valence-electron chi connectivity index (χ4n) is 3.31. The molecule has 4 rings (SSSR count). The second-order valence-electron chi connectivity index (χ2n) is 8.78. The van der Waals surface area contributed by atoms with Crippen LogP contribution in [0.5, 0.6) is 11.6 Å². The summed E-state index contributed by atoms with van der Waals surface area (Å²) in [4.78, 5) is 12.9. The van der Waals surface area contributed by atoms with Crippen LogP contribution in [0.15, 0.2) is 71.8 Å². The molecule has 164 valence electrons. The van der Waals surface area contributed by atoms with Crippen molar-refractivity contribution in [2.45, 2.75) is 27.7 Å². The fourth-order valence-corrected chi connectivity index (χ4v) is 3.31. The molecule has 3 aromatic rings. The monoisotopic (exact) mass is 431 g/mol. The highest BCUT2D eigenvalue weighted by atomic mass is 19.1. The quantitative estimate of drug-likeness (QED) is 0.540. The van der Waals surface area contributed by atoms with E-state index in [0.717, 1.165) is 11.5 Å². The summed E-state index contributed by atoms with van der Waals surface area (Å²) in [6.07, 6.45) is 3.43. The van der Waals surface area contributed by atoms with Gasteiger partial charge >= 0.3 is 0 Å². The van der Waals surface area contributed by atoms with Gasteiger partial charge in [-0.1, -0.05) is 33.4 Å². The van der Waals surface area contributed by atoms with Gasteiger partial charge in [-0.15, -0.1) is 0 Å². The maximum absolute atomic E-state index is 13.9. The van der Waals surface area contributed by atoms with Crippen LogP contribution in [-0.2, 0) is 0 Å². The standard InChI is InChI=1S/C25H26FN5O/c1-15-9-20-22(12-21(15)26)28-14-29-24(20)32-19-8-6-7-18(11-19)30-16(2)31-23-10-17(13-27-23)25(3,4)5/h6-12,14,30H,2,13H2,1,3-5H3,(H,27,31). The summed E-state index contributed by atoms with van der Waals surface area (Å²) in [5, 5.41) is 7.08. The van der Waals surface area contributed by atoms with Crippen molar-refractivity contribution in [3.63, 3.8) is 0 Å². The maximum atomic E-state index is 13.9. The molecule has 6 nitrogen and oxygen atoms in total. The van der Waals surface area contributed by atoms with E-state index < -0.39 is 0 Å². The van der Waals surface area contributed by atoms with Crippen LogP contribution in [0.4, 0.5) is 10.1 Å². The molecule has 0 aliphatic carbocycles. The Balaban J connectivity index is 1.47. The van der Waals surface area contributed by atoms with Crippen LogP contribution in [-0.4, -0.2) is 22.3 Å². The van der Waals surface area contributed by atoms with Crippen molar-refractivity contribution in [1.29, 1.82) is 0 Å². The molecule has 2 N–H and O–H groups in total. The number of benzene rings is 2. The largest absolute Gasteiger partial charge is 0.438 e. The van der Waals surface area contributed by atoms with Crippen molar-refractivity contribution < 1.29 is 9.13 Å². The maximum Gasteiger partial charge on any atom is 0.230 e. The number of anilines is 1. The molecule has 2 heterocycles. The minimum absolute atomic E-state index is 0.0861. The van der Waals surface area contributed by atoms with Gasteiger partial charge in [-0.05, 0) is 47.8 Å². The van der Waals surface area contributed by atoms with Gasteiger partial charge in [0, 0.05) is 17.8 Å². The lowest BCUT2D eigenvalue weighted by Crippen LogP contribution is -2.24. The van der Waals surface area contributed by atoms with E-state index in [4.69, 9.17) is 4.74 Å². The van der Waals surface area contributed by atoms with E-state index >= 15 is 0 Å². The number of aromatic nitrogens is 2. The molecule has 32 heavy (non-hydrogen) atoms. The number of hydrogen-bond acceptors (Lipinski definition) is 6. The molecule has 0 unspecified atom stereocenters. The lowest BCUT2D eigenvalue weighted by molar-refractivity contribution is 0.468. The van der Waals surface area contributed by atoms with Crippen molar-refractivity contribution in [3.8, 4) is 11.6 Å². The number of hydrogen-bond donors (Lipinski definition) is 2. The van der Waals surface area contributed by atoms with Gasteiger partial charge in [-0.3, -0.25) is 4.99 Å². The van der Waals surface area contributed by atoms with Gasteiger partial charge in [0.15, 0.2) is 0 Å². The van der Waals surface area contributed by atoms with Crippen LogP contribution in [0.3, 0.4) is 0 Å². The molecule has 0 spiro atoms. The summed E-state index contributed by atoms with van der Waals surface area (Å²) in [6, 6.07) is 10.5. The molecule has 0 saturated heterocycles. The number of nitrogens with zero attached hydrogens (tertiary/aromatic N) is 3. The Morgan fingerprint density at radius 2 is 1.94 bits per heavy atom. The van der Waals surface area contributed by atoms with Crippen LogP contribution in [0.1, 0.15) is 26.3 Å². The summed E-state index contributed by atoms with van der Waals surface area (Å²) < 4.78 is 19.9. The van der Waals surface area contributed by atoms with E-state index in [1.54, 1.807) is 13.0 Å². The van der Waals surface area contributed by atoms with E-state index in [-0.39, 0.29) is 11.2 Å². The van der Waals surface area contributed by atoms with Crippen LogP contribution in [0.2, 0.25) is 0 Å². The molecule has 7 heteroatoms. The Morgan fingerprint density at radius 3 is 2.69 bits per heavy atom. The van der Waals surface area contributed by atoms with Crippen LogP contribution >= 0.6 is 0 Å². The number of ether oxygens (including phenoxy) is 1. The first kappa shape index (κ1) is 21.5. The Bertz CT molecular complexity index is 1260. The molecule has 1 aromatic heterocycles. The SMILES string of the molecule is C=C(NC1=NCC(C(C)(C)C)=C1)Nc1cccc(Oc2ncnc3cc(F)c(C)cc23)c1. The average Bonchev–Trinajstić information content (AvgIpc) is 3.18. The Labute approximate surface area is 187 Å². The number of amidine groups is 1. The zero-order chi connectivity index (χ0) is 22.9. The summed E-state index contributed by atoms with van der Waals surface area (Å²) in [5.41, 5.74) is 3.15. The van der Waals surface area contributed by atoms with Crippen LogP contribution in [0.25, 0.3) is 10.9 Å². The predicted molar refractivity (Wildman–Crippen MR) is 126 cm³/mol. The molecule has 1 aliphatic rings. The van der Waals surface area contributed by atoms with Crippen molar-refractivity contribution in [2.75, 3.05) is 11.9 Å². The molecule has 2 aromatic carbocycles. The smallest absolute Gasteiger partial charge is 0.230 e. The molecule has 0 fully saturated rings. The molecular weight excluding hydrogens is 405 g/mol. The zero-order valence-corrected chi connectivity index (χ0v) is 18.7. The van der Waals surface area contributed by atoms with Crippen molar-refractivity contribution >= 4 is 22.4 Å². The van der Waals surface area contributed by atoms with E-state index in [2.05, 4.69) is 59.0 Å². The number of nitrogens with one attached hydrogen (secondary N) is 2. The van der Waals surface area contributed by atoms with Crippen molar-refractivity contribution in [2.24, 2.45) is 10.4 Å². The first-order chi connectivity index (χ1) is 15.2. The van der Waals surface area contributed by atoms with Gasteiger partial charge in [0.25, 0.3) is 0 Å². The fraction of sp³-hybridized carbons (Fsp3) is 0.240. The minimum atomic E-state index is -0.310. The normalized spacial score (nSPS) is 13.5. The topological polar surface area (TPSA) is 71.4 Å². The second-order valence-corrected chi connectivity index (χ2v) is 8.78. The Morgan fingerprint density at radius 1 is 1.12 bits per heavy atom. The van der Waals surface area contributed by atoms with E-state index in [0.29, 0.717) is 40.5 Å². The first-order valence-electron chi connectivity index (χ1n) is 10.4. The van der Waals surface area contributed by atoms with E-state index in [1.165, 1.54) is 18.0 Å². The summed E-state index contributed by atoms with van der Waals surface area (Å²) in [5.74, 6) is 2.03. The molecule has 0 atom stereocenters. The summed E-state index contributed by atoms with van der Waals surface area (Å²) in [6.45, 7) is 13.0. The lowest BCUT2D eigenvalue weighted by Gasteiger charge is -2.18. The minimum Gasteiger partial charge on any atom is -0.438 e. The van der Waals surface area contributed by atoms with E-state index in [9.17, 15) is 4.39 Å². The number of fused-ring (bicyclic) bond motifs is 1. The third-order valence-electron chi connectivity index (χ3n) is 5.20. The predicted octanol–water partition coefficient (Wildman–Crippen LogP) is 5.73. The van der Waals surface area contributed by atoms with Gasteiger partial charge in [-0.2, -0.15) is 0 Å². The highest BCUT2D eigenvalue weighted by Gasteiger charge is 2.21. The molecule has 0 saturated carbocycles. The van der Waals surface area contributed by atoms with Gasteiger partial charge in [0.2, 0.25) is 5.88 Å². The number of halogens is 1.